The summed E-state index contributed by atoms with van der Waals surface area (Å²) in [4.78, 5) is 0. The van der Waals surface area contributed by atoms with Gasteiger partial charge in [0.05, 0.1) is 6.61 Å². The molecule has 0 aliphatic rings. The number of hydrogen-bond donors (Lipinski definition) is 1. The van der Waals surface area contributed by atoms with Gasteiger partial charge in [-0.05, 0) is 19.0 Å². The van der Waals surface area contributed by atoms with Gasteiger partial charge in [0.1, 0.15) is 5.75 Å². The average Bonchev–Trinajstić information content (AvgIpc) is 2.19. The first-order chi connectivity index (χ1) is 6.38. The predicted molar refractivity (Wildman–Crippen MR) is 55.7 cm³/mol. The lowest BCUT2D eigenvalue weighted by Gasteiger charge is -2.07. The highest BCUT2D eigenvalue weighted by Crippen LogP contribution is 2.18. The number of rotatable bonds is 5. The van der Waals surface area contributed by atoms with Crippen molar-refractivity contribution in [3.63, 3.8) is 0 Å². The summed E-state index contributed by atoms with van der Waals surface area (Å²) in [6.45, 7) is 5.05. The maximum atomic E-state index is 5.52. The number of benzene rings is 1. The molecule has 0 aliphatic heterocycles. The van der Waals surface area contributed by atoms with E-state index in [2.05, 4.69) is 6.58 Å². The highest BCUT2D eigenvalue weighted by atomic mass is 16.5. The fourth-order valence-electron chi connectivity index (χ4n) is 1.05. The summed E-state index contributed by atoms with van der Waals surface area (Å²) >= 11 is 0. The second-order valence-electron chi connectivity index (χ2n) is 2.73. The Morgan fingerprint density at radius 3 is 2.85 bits per heavy atom. The van der Waals surface area contributed by atoms with E-state index in [1.54, 1.807) is 6.08 Å². The van der Waals surface area contributed by atoms with Crippen LogP contribution < -0.4 is 10.5 Å². The third-order valence-electron chi connectivity index (χ3n) is 1.74. The lowest BCUT2D eigenvalue weighted by atomic mass is 10.2. The van der Waals surface area contributed by atoms with Gasteiger partial charge in [0.25, 0.3) is 0 Å². The zero-order chi connectivity index (χ0) is 9.52. The molecule has 0 bridgehead atoms. The zero-order valence-electron chi connectivity index (χ0n) is 7.70. The fourth-order valence-corrected chi connectivity index (χ4v) is 1.05. The lowest BCUT2D eigenvalue weighted by Crippen LogP contribution is -2.06. The molecule has 0 amide bonds. The first-order valence-corrected chi connectivity index (χ1v) is 4.43. The molecule has 0 saturated heterocycles. The molecule has 1 aromatic carbocycles. The van der Waals surface area contributed by atoms with E-state index in [1.807, 2.05) is 24.3 Å². The quantitative estimate of drug-likeness (QED) is 0.699. The van der Waals surface area contributed by atoms with Crippen LogP contribution >= 0.6 is 0 Å². The van der Waals surface area contributed by atoms with Crippen molar-refractivity contribution in [1.82, 2.24) is 0 Å². The van der Waals surface area contributed by atoms with Crippen LogP contribution in [0, 0.1) is 0 Å². The van der Waals surface area contributed by atoms with Gasteiger partial charge in [-0.15, -0.1) is 0 Å². The molecule has 13 heavy (non-hydrogen) atoms. The molecule has 0 unspecified atom stereocenters. The normalized spacial score (nSPS) is 9.62. The number of para-hydroxylation sites is 1. The Kier molecular flexibility index (Phi) is 4.06. The van der Waals surface area contributed by atoms with E-state index >= 15 is 0 Å². The number of nitrogens with two attached hydrogens (primary N) is 1. The molecule has 0 aliphatic carbocycles. The van der Waals surface area contributed by atoms with Crippen molar-refractivity contribution in [2.24, 2.45) is 5.73 Å². The first-order valence-electron chi connectivity index (χ1n) is 4.43. The largest absolute Gasteiger partial charge is 0.493 e. The van der Waals surface area contributed by atoms with Gasteiger partial charge in [0, 0.05) is 5.56 Å². The van der Waals surface area contributed by atoms with Crippen LogP contribution in [0.25, 0.3) is 6.08 Å². The van der Waals surface area contributed by atoms with Crippen molar-refractivity contribution in [3.8, 4) is 5.75 Å². The van der Waals surface area contributed by atoms with Crippen LogP contribution in [0.5, 0.6) is 5.75 Å². The molecule has 0 spiro atoms. The Bertz CT molecular complexity index is 271. The van der Waals surface area contributed by atoms with E-state index in [0.29, 0.717) is 13.2 Å². The lowest BCUT2D eigenvalue weighted by molar-refractivity contribution is 0.313. The highest BCUT2D eigenvalue weighted by molar-refractivity contribution is 5.55. The van der Waals surface area contributed by atoms with Crippen LogP contribution in [-0.2, 0) is 0 Å². The Morgan fingerprint density at radius 1 is 1.38 bits per heavy atom. The van der Waals surface area contributed by atoms with E-state index in [4.69, 9.17) is 10.5 Å². The Labute approximate surface area is 79.0 Å². The van der Waals surface area contributed by atoms with Crippen molar-refractivity contribution in [3.05, 3.63) is 36.4 Å². The molecular weight excluding hydrogens is 162 g/mol. The van der Waals surface area contributed by atoms with E-state index in [-0.39, 0.29) is 0 Å². The highest BCUT2D eigenvalue weighted by Gasteiger charge is 1.97. The fraction of sp³-hybridized carbons (Fsp3) is 0.273. The molecule has 1 rings (SSSR count). The average molecular weight is 177 g/mol. The van der Waals surface area contributed by atoms with Gasteiger partial charge in [-0.25, -0.2) is 0 Å². The molecule has 0 saturated carbocycles. The van der Waals surface area contributed by atoms with Crippen LogP contribution in [0.1, 0.15) is 12.0 Å². The molecule has 70 valence electrons. The van der Waals surface area contributed by atoms with Crippen LogP contribution in [0.3, 0.4) is 0 Å². The molecule has 0 fully saturated rings. The summed E-state index contributed by atoms with van der Waals surface area (Å²) in [6.07, 6.45) is 2.67. The Hall–Kier alpha value is -1.28. The first kappa shape index (κ1) is 9.81. The van der Waals surface area contributed by atoms with Crippen LogP contribution in [0.4, 0.5) is 0 Å². The van der Waals surface area contributed by atoms with E-state index < -0.39 is 0 Å². The molecule has 2 nitrogen and oxygen atoms in total. The van der Waals surface area contributed by atoms with Gasteiger partial charge in [0.15, 0.2) is 0 Å². The standard InChI is InChI=1S/C11H15NO/c1-2-10-6-3-4-7-11(10)13-9-5-8-12/h2-4,6-7H,1,5,8-9,12H2. The minimum atomic E-state index is 0.663. The van der Waals surface area contributed by atoms with Gasteiger partial charge in [-0.1, -0.05) is 30.9 Å². The number of hydrogen-bond acceptors (Lipinski definition) is 2. The summed E-state index contributed by atoms with van der Waals surface area (Å²) in [7, 11) is 0. The second-order valence-corrected chi connectivity index (χ2v) is 2.73. The van der Waals surface area contributed by atoms with Crippen LogP contribution in [-0.4, -0.2) is 13.2 Å². The van der Waals surface area contributed by atoms with Gasteiger partial charge in [0.2, 0.25) is 0 Å². The Morgan fingerprint density at radius 2 is 2.15 bits per heavy atom. The molecule has 2 heteroatoms. The predicted octanol–water partition coefficient (Wildman–Crippen LogP) is 2.06. The van der Waals surface area contributed by atoms with Crippen molar-refractivity contribution in [2.45, 2.75) is 6.42 Å². The summed E-state index contributed by atoms with van der Waals surface area (Å²) < 4.78 is 5.52. The molecule has 0 aromatic heterocycles. The smallest absolute Gasteiger partial charge is 0.126 e. The zero-order valence-corrected chi connectivity index (χ0v) is 7.70. The Balaban J connectivity index is 2.59. The van der Waals surface area contributed by atoms with Crippen molar-refractivity contribution < 1.29 is 4.74 Å². The van der Waals surface area contributed by atoms with Crippen molar-refractivity contribution in [1.29, 1.82) is 0 Å². The van der Waals surface area contributed by atoms with E-state index in [1.165, 1.54) is 0 Å². The minimum Gasteiger partial charge on any atom is -0.493 e. The maximum Gasteiger partial charge on any atom is 0.126 e. The third kappa shape index (κ3) is 2.92. The van der Waals surface area contributed by atoms with Crippen molar-refractivity contribution >= 4 is 6.08 Å². The molecule has 2 N–H and O–H groups in total. The van der Waals surface area contributed by atoms with Gasteiger partial charge < -0.3 is 10.5 Å². The topological polar surface area (TPSA) is 35.2 Å². The monoisotopic (exact) mass is 177 g/mol. The summed E-state index contributed by atoms with van der Waals surface area (Å²) in [5.41, 5.74) is 6.39. The van der Waals surface area contributed by atoms with Crippen LogP contribution in [0.15, 0.2) is 30.8 Å². The van der Waals surface area contributed by atoms with Crippen molar-refractivity contribution in [2.75, 3.05) is 13.2 Å². The van der Waals surface area contributed by atoms with E-state index in [9.17, 15) is 0 Å². The second kappa shape index (κ2) is 5.38. The third-order valence-corrected chi connectivity index (χ3v) is 1.74. The number of ether oxygens (including phenoxy) is 1. The molecule has 0 heterocycles. The van der Waals surface area contributed by atoms with Gasteiger partial charge in [-0.2, -0.15) is 0 Å². The maximum absolute atomic E-state index is 5.52. The summed E-state index contributed by atoms with van der Waals surface area (Å²) in [5, 5.41) is 0. The molecule has 0 atom stereocenters. The molecular formula is C11H15NO. The molecule has 1 aromatic rings. The SMILES string of the molecule is C=Cc1ccccc1OCCCN. The van der Waals surface area contributed by atoms with Gasteiger partial charge in [-0.3, -0.25) is 0 Å². The van der Waals surface area contributed by atoms with E-state index in [0.717, 1.165) is 17.7 Å². The van der Waals surface area contributed by atoms with Gasteiger partial charge >= 0.3 is 0 Å². The summed E-state index contributed by atoms with van der Waals surface area (Å²) in [6, 6.07) is 7.83. The summed E-state index contributed by atoms with van der Waals surface area (Å²) in [5.74, 6) is 0.881. The minimum absolute atomic E-state index is 0.663. The molecule has 0 radical (unpaired) electrons. The van der Waals surface area contributed by atoms with Crippen LogP contribution in [0.2, 0.25) is 0 Å².